The first kappa shape index (κ1) is 23.7. The maximum atomic E-state index is 13.4. The van der Waals surface area contributed by atoms with Crippen LogP contribution in [-0.2, 0) is 9.59 Å². The number of anilines is 2. The molecule has 4 rings (SSSR count). The Morgan fingerprint density at radius 3 is 2.29 bits per heavy atom. The molecule has 0 bridgehead atoms. The maximum Gasteiger partial charge on any atom is 0.253 e. The maximum absolute atomic E-state index is 13.4. The van der Waals surface area contributed by atoms with E-state index in [2.05, 4.69) is 5.32 Å². The van der Waals surface area contributed by atoms with E-state index in [1.807, 2.05) is 62.5 Å². The van der Waals surface area contributed by atoms with Gasteiger partial charge in [-0.25, -0.2) is 0 Å². The Balaban J connectivity index is 1.55. The fourth-order valence-electron chi connectivity index (χ4n) is 4.39. The highest BCUT2D eigenvalue weighted by atomic mass is 32.1. The largest absolute Gasteiger partial charge is 0.339 e. The van der Waals surface area contributed by atoms with Crippen LogP contribution in [0, 0.1) is 12.8 Å². The van der Waals surface area contributed by atoms with Crippen LogP contribution in [0.2, 0.25) is 0 Å². The molecule has 1 N–H and O–H groups in total. The van der Waals surface area contributed by atoms with Crippen molar-refractivity contribution in [3.05, 3.63) is 82.0 Å². The van der Waals surface area contributed by atoms with Crippen LogP contribution < -0.4 is 10.2 Å². The number of thiophene rings is 1. The summed E-state index contributed by atoms with van der Waals surface area (Å²) in [6, 6.07) is 18.3. The zero-order valence-electron chi connectivity index (χ0n) is 19.7. The first-order valence-electron chi connectivity index (χ1n) is 11.5. The molecule has 3 aromatic rings. The third kappa shape index (κ3) is 4.75. The van der Waals surface area contributed by atoms with E-state index in [-0.39, 0.29) is 30.2 Å². The van der Waals surface area contributed by atoms with Crippen LogP contribution in [0.3, 0.4) is 0 Å². The third-order valence-corrected chi connectivity index (χ3v) is 7.20. The Bertz CT molecular complexity index is 1150. The van der Waals surface area contributed by atoms with Gasteiger partial charge in [0.25, 0.3) is 5.91 Å². The fourth-order valence-corrected chi connectivity index (χ4v) is 5.27. The van der Waals surface area contributed by atoms with Crippen LogP contribution in [0.1, 0.15) is 47.1 Å². The van der Waals surface area contributed by atoms with E-state index in [4.69, 9.17) is 0 Å². The number of hydrogen-bond acceptors (Lipinski definition) is 4. The van der Waals surface area contributed by atoms with Gasteiger partial charge in [0.2, 0.25) is 11.8 Å². The number of benzene rings is 2. The van der Waals surface area contributed by atoms with Crippen molar-refractivity contribution in [2.75, 3.05) is 23.3 Å². The van der Waals surface area contributed by atoms with Gasteiger partial charge in [0.05, 0.1) is 12.0 Å². The van der Waals surface area contributed by atoms with Gasteiger partial charge in [0.15, 0.2) is 0 Å². The summed E-state index contributed by atoms with van der Waals surface area (Å²) in [5.74, 6) is -0.827. The zero-order valence-corrected chi connectivity index (χ0v) is 20.5. The molecule has 1 aromatic heterocycles. The van der Waals surface area contributed by atoms with E-state index in [0.717, 1.165) is 16.1 Å². The van der Waals surface area contributed by atoms with Crippen molar-refractivity contribution in [1.29, 1.82) is 0 Å². The van der Waals surface area contributed by atoms with E-state index in [9.17, 15) is 14.4 Å². The SMILES string of the molecule is CCN(CC)C(=O)c1ccc(NC(=O)C2CC(=O)N(c3ccc(C)cc3)C2c2cccs2)cc1. The Morgan fingerprint density at radius 1 is 1.03 bits per heavy atom. The lowest BCUT2D eigenvalue weighted by molar-refractivity contribution is -0.122. The summed E-state index contributed by atoms with van der Waals surface area (Å²) in [5, 5.41) is 4.93. The van der Waals surface area contributed by atoms with E-state index >= 15 is 0 Å². The molecule has 34 heavy (non-hydrogen) atoms. The summed E-state index contributed by atoms with van der Waals surface area (Å²) < 4.78 is 0. The van der Waals surface area contributed by atoms with Gasteiger partial charge in [0.1, 0.15) is 0 Å². The van der Waals surface area contributed by atoms with Crippen molar-refractivity contribution in [1.82, 2.24) is 4.90 Å². The normalized spacial score (nSPS) is 17.6. The molecule has 2 heterocycles. The minimum Gasteiger partial charge on any atom is -0.339 e. The number of amides is 3. The Labute approximate surface area is 204 Å². The molecule has 2 atom stereocenters. The van der Waals surface area contributed by atoms with Crippen molar-refractivity contribution in [2.45, 2.75) is 33.2 Å². The van der Waals surface area contributed by atoms with E-state index < -0.39 is 5.92 Å². The average Bonchev–Trinajstić information content (AvgIpc) is 3.48. The highest BCUT2D eigenvalue weighted by molar-refractivity contribution is 7.10. The smallest absolute Gasteiger partial charge is 0.253 e. The van der Waals surface area contributed by atoms with Gasteiger partial charge >= 0.3 is 0 Å². The molecular weight excluding hydrogens is 446 g/mol. The number of rotatable bonds is 7. The predicted octanol–water partition coefficient (Wildman–Crippen LogP) is 5.27. The highest BCUT2D eigenvalue weighted by Gasteiger charge is 2.45. The average molecular weight is 476 g/mol. The number of carbonyl (C=O) groups is 3. The summed E-state index contributed by atoms with van der Waals surface area (Å²) in [6.45, 7) is 7.19. The molecule has 0 spiro atoms. The summed E-state index contributed by atoms with van der Waals surface area (Å²) in [6.07, 6.45) is 0.140. The molecular formula is C27H29N3O3S. The van der Waals surface area contributed by atoms with E-state index in [1.165, 1.54) is 0 Å². The third-order valence-electron chi connectivity index (χ3n) is 6.26. The Morgan fingerprint density at radius 2 is 1.71 bits per heavy atom. The summed E-state index contributed by atoms with van der Waals surface area (Å²) >= 11 is 1.55. The lowest BCUT2D eigenvalue weighted by atomic mass is 9.97. The standard InChI is InChI=1S/C27H29N3O3S/c1-4-29(5-2)27(33)19-10-12-20(13-11-19)28-26(32)22-17-24(31)30(21-14-8-18(3)9-15-21)25(22)23-7-6-16-34-23/h6-16,22,25H,4-5,17H2,1-3H3,(H,28,32). The number of nitrogens with one attached hydrogen (secondary N) is 1. The van der Waals surface area contributed by atoms with Gasteiger partial charge in [-0.1, -0.05) is 23.8 Å². The molecule has 1 aliphatic rings. The molecule has 176 valence electrons. The molecule has 0 radical (unpaired) electrons. The van der Waals surface area contributed by atoms with Crippen LogP contribution in [0.15, 0.2) is 66.0 Å². The van der Waals surface area contributed by atoms with Crippen LogP contribution in [0.5, 0.6) is 0 Å². The van der Waals surface area contributed by atoms with Crippen molar-refractivity contribution in [3.8, 4) is 0 Å². The highest BCUT2D eigenvalue weighted by Crippen LogP contribution is 2.43. The first-order valence-corrected chi connectivity index (χ1v) is 12.4. The van der Waals surface area contributed by atoms with Crippen molar-refractivity contribution in [3.63, 3.8) is 0 Å². The van der Waals surface area contributed by atoms with Crippen LogP contribution in [0.25, 0.3) is 0 Å². The molecule has 2 aromatic carbocycles. The molecule has 1 saturated heterocycles. The number of aryl methyl sites for hydroxylation is 1. The summed E-state index contributed by atoms with van der Waals surface area (Å²) in [4.78, 5) is 43.5. The number of nitrogens with zero attached hydrogens (tertiary/aromatic N) is 2. The molecule has 1 aliphatic heterocycles. The van der Waals surface area contributed by atoms with Gasteiger partial charge in [-0.3, -0.25) is 14.4 Å². The Kier molecular flexibility index (Phi) is 7.12. The molecule has 3 amide bonds. The molecule has 7 heteroatoms. The predicted molar refractivity (Wildman–Crippen MR) is 136 cm³/mol. The second-order valence-corrected chi connectivity index (χ2v) is 9.39. The molecule has 6 nitrogen and oxygen atoms in total. The van der Waals surface area contributed by atoms with E-state index in [1.54, 1.807) is 45.4 Å². The molecule has 0 aliphatic carbocycles. The Hall–Kier alpha value is -3.45. The second kappa shape index (κ2) is 10.2. The van der Waals surface area contributed by atoms with Crippen molar-refractivity contribution < 1.29 is 14.4 Å². The number of hydrogen-bond donors (Lipinski definition) is 1. The van der Waals surface area contributed by atoms with Crippen molar-refractivity contribution >= 4 is 40.4 Å². The quantitative estimate of drug-likeness (QED) is 0.506. The van der Waals surface area contributed by atoms with Gasteiger partial charge in [-0.05, 0) is 68.6 Å². The number of carbonyl (C=O) groups excluding carboxylic acids is 3. The molecule has 1 fully saturated rings. The minimum absolute atomic E-state index is 0.0317. The molecule has 2 unspecified atom stereocenters. The monoisotopic (exact) mass is 475 g/mol. The topological polar surface area (TPSA) is 69.7 Å². The van der Waals surface area contributed by atoms with Gasteiger partial charge < -0.3 is 15.1 Å². The molecule has 0 saturated carbocycles. The fraction of sp³-hybridized carbons (Fsp3) is 0.296. The van der Waals surface area contributed by atoms with Crippen molar-refractivity contribution in [2.24, 2.45) is 5.92 Å². The minimum atomic E-state index is -0.524. The van der Waals surface area contributed by atoms with E-state index in [0.29, 0.717) is 24.3 Å². The van der Waals surface area contributed by atoms with Gasteiger partial charge in [-0.15, -0.1) is 11.3 Å². The lowest BCUT2D eigenvalue weighted by Crippen LogP contribution is -2.32. The van der Waals surface area contributed by atoms with Crippen LogP contribution in [0.4, 0.5) is 11.4 Å². The summed E-state index contributed by atoms with van der Waals surface area (Å²) in [7, 11) is 0. The van der Waals surface area contributed by atoms with Gasteiger partial charge in [-0.2, -0.15) is 0 Å². The van der Waals surface area contributed by atoms with Gasteiger partial charge in [0, 0.05) is 41.3 Å². The zero-order chi connectivity index (χ0) is 24.2. The van der Waals surface area contributed by atoms with Crippen LogP contribution >= 0.6 is 11.3 Å². The van der Waals surface area contributed by atoms with Crippen LogP contribution in [-0.4, -0.2) is 35.7 Å². The summed E-state index contributed by atoms with van der Waals surface area (Å²) in [5.41, 5.74) is 3.09. The second-order valence-electron chi connectivity index (χ2n) is 8.41. The lowest BCUT2D eigenvalue weighted by Gasteiger charge is -2.27. The first-order chi connectivity index (χ1) is 16.4.